The molecule has 1 fully saturated rings. The third kappa shape index (κ3) is 4.82. The van der Waals surface area contributed by atoms with Gasteiger partial charge in [-0.25, -0.2) is 0 Å². The molecule has 0 atom stereocenters. The number of nitro benzene ring substituents is 1. The fourth-order valence-electron chi connectivity index (χ4n) is 3.13. The van der Waals surface area contributed by atoms with Crippen molar-refractivity contribution in [1.82, 2.24) is 4.90 Å². The standard InChI is InChI=1S/C19H18ClF3N4O3/c1-25-6-8-26(9-7-25)17-5-3-13(27(29)30)11-16(17)24-18(28)14-10-12(19(21,22)23)2-4-15(14)20/h2-5,10-11H,6-9H2,1H3,(H,24,28). The van der Waals surface area contributed by atoms with Gasteiger partial charge in [-0.2, -0.15) is 13.2 Å². The van der Waals surface area contributed by atoms with Crippen molar-refractivity contribution in [2.24, 2.45) is 0 Å². The first-order valence-corrected chi connectivity index (χ1v) is 9.34. The number of carbonyl (C=O) groups is 1. The Morgan fingerprint density at radius 2 is 1.80 bits per heavy atom. The molecule has 1 heterocycles. The van der Waals surface area contributed by atoms with Gasteiger partial charge in [-0.1, -0.05) is 11.6 Å². The van der Waals surface area contributed by atoms with Crippen molar-refractivity contribution < 1.29 is 22.9 Å². The third-order valence-electron chi connectivity index (χ3n) is 4.82. The molecule has 1 aliphatic heterocycles. The monoisotopic (exact) mass is 442 g/mol. The Hall–Kier alpha value is -2.85. The number of benzene rings is 2. The number of nitro groups is 1. The summed E-state index contributed by atoms with van der Waals surface area (Å²) >= 11 is 5.94. The molecule has 1 aliphatic rings. The van der Waals surface area contributed by atoms with Crippen LogP contribution < -0.4 is 10.2 Å². The predicted molar refractivity (Wildman–Crippen MR) is 107 cm³/mol. The maximum atomic E-state index is 13.0. The Kier molecular flexibility index (Phi) is 6.18. The van der Waals surface area contributed by atoms with Crippen molar-refractivity contribution in [3.8, 4) is 0 Å². The van der Waals surface area contributed by atoms with E-state index in [1.54, 1.807) is 0 Å². The molecule has 11 heteroatoms. The van der Waals surface area contributed by atoms with Gasteiger partial charge in [-0.15, -0.1) is 0 Å². The molecule has 1 saturated heterocycles. The van der Waals surface area contributed by atoms with Crippen LogP contribution in [0.4, 0.5) is 30.2 Å². The molecule has 0 bridgehead atoms. The maximum Gasteiger partial charge on any atom is 0.416 e. The van der Waals surface area contributed by atoms with Crippen LogP contribution in [0.15, 0.2) is 36.4 Å². The largest absolute Gasteiger partial charge is 0.416 e. The van der Waals surface area contributed by atoms with Crippen molar-refractivity contribution in [2.45, 2.75) is 6.18 Å². The van der Waals surface area contributed by atoms with Crippen LogP contribution in [0.5, 0.6) is 0 Å². The molecule has 2 aromatic rings. The minimum absolute atomic E-state index is 0.132. The molecule has 1 amide bonds. The smallest absolute Gasteiger partial charge is 0.367 e. The normalized spacial score (nSPS) is 15.2. The number of hydrogen-bond acceptors (Lipinski definition) is 5. The summed E-state index contributed by atoms with van der Waals surface area (Å²) in [5.74, 6) is -0.887. The van der Waals surface area contributed by atoms with Crippen LogP contribution in [-0.4, -0.2) is 49.0 Å². The van der Waals surface area contributed by atoms with Gasteiger partial charge in [-0.3, -0.25) is 14.9 Å². The van der Waals surface area contributed by atoms with E-state index in [1.807, 2.05) is 11.9 Å². The summed E-state index contributed by atoms with van der Waals surface area (Å²) in [6.45, 7) is 2.76. The second kappa shape index (κ2) is 8.49. The van der Waals surface area contributed by atoms with Crippen LogP contribution in [0.2, 0.25) is 5.02 Å². The molecule has 160 valence electrons. The number of alkyl halides is 3. The summed E-state index contributed by atoms with van der Waals surface area (Å²) < 4.78 is 39.0. The Morgan fingerprint density at radius 3 is 2.40 bits per heavy atom. The number of nitrogens with zero attached hydrogens (tertiary/aromatic N) is 3. The van der Waals surface area contributed by atoms with Gasteiger partial charge < -0.3 is 15.1 Å². The van der Waals surface area contributed by atoms with Gasteiger partial charge in [0, 0.05) is 38.3 Å². The average Bonchev–Trinajstić information content (AvgIpc) is 2.68. The summed E-state index contributed by atoms with van der Waals surface area (Å²) in [6.07, 6.45) is -4.64. The fourth-order valence-corrected chi connectivity index (χ4v) is 3.33. The van der Waals surface area contributed by atoms with Crippen LogP contribution in [0, 0.1) is 10.1 Å². The van der Waals surface area contributed by atoms with Crippen LogP contribution in [0.3, 0.4) is 0 Å². The number of piperazine rings is 1. The third-order valence-corrected chi connectivity index (χ3v) is 5.15. The van der Waals surface area contributed by atoms with E-state index in [2.05, 4.69) is 10.2 Å². The molecule has 2 aromatic carbocycles. The first kappa shape index (κ1) is 21.8. The van der Waals surface area contributed by atoms with E-state index < -0.39 is 22.6 Å². The van der Waals surface area contributed by atoms with E-state index in [0.717, 1.165) is 25.2 Å². The summed E-state index contributed by atoms with van der Waals surface area (Å²) in [4.78, 5) is 27.4. The van der Waals surface area contributed by atoms with E-state index in [9.17, 15) is 28.1 Å². The Balaban J connectivity index is 1.96. The number of amides is 1. The summed E-state index contributed by atoms with van der Waals surface area (Å²) in [5, 5.41) is 13.5. The van der Waals surface area contributed by atoms with Crippen molar-refractivity contribution in [1.29, 1.82) is 0 Å². The molecule has 7 nitrogen and oxygen atoms in total. The van der Waals surface area contributed by atoms with Gasteiger partial charge in [-0.05, 0) is 31.3 Å². The zero-order chi connectivity index (χ0) is 22.1. The van der Waals surface area contributed by atoms with E-state index in [0.29, 0.717) is 24.8 Å². The second-order valence-electron chi connectivity index (χ2n) is 6.90. The lowest BCUT2D eigenvalue weighted by molar-refractivity contribution is -0.384. The van der Waals surface area contributed by atoms with Gasteiger partial charge in [0.2, 0.25) is 0 Å². The number of nitrogens with one attached hydrogen (secondary N) is 1. The van der Waals surface area contributed by atoms with Gasteiger partial charge in [0.15, 0.2) is 0 Å². The number of rotatable bonds is 4. The summed E-state index contributed by atoms with van der Waals surface area (Å²) in [5.41, 5.74) is -0.964. The van der Waals surface area contributed by atoms with Gasteiger partial charge >= 0.3 is 6.18 Å². The molecule has 0 unspecified atom stereocenters. The van der Waals surface area contributed by atoms with Crippen molar-refractivity contribution in [3.63, 3.8) is 0 Å². The minimum Gasteiger partial charge on any atom is -0.367 e. The average molecular weight is 443 g/mol. The molecule has 0 aromatic heterocycles. The quantitative estimate of drug-likeness (QED) is 0.565. The SMILES string of the molecule is CN1CCN(c2ccc([N+](=O)[O-])cc2NC(=O)c2cc(C(F)(F)F)ccc2Cl)CC1. The predicted octanol–water partition coefficient (Wildman–Crippen LogP) is 4.27. The molecule has 30 heavy (non-hydrogen) atoms. The highest BCUT2D eigenvalue weighted by Crippen LogP contribution is 2.34. The summed E-state index contributed by atoms with van der Waals surface area (Å²) in [7, 11) is 1.96. The van der Waals surface area contributed by atoms with Crippen LogP contribution >= 0.6 is 11.6 Å². The zero-order valence-corrected chi connectivity index (χ0v) is 16.6. The number of hydrogen-bond donors (Lipinski definition) is 1. The van der Waals surface area contributed by atoms with Crippen molar-refractivity contribution in [2.75, 3.05) is 43.4 Å². The number of carbonyl (C=O) groups excluding carboxylic acids is 1. The highest BCUT2D eigenvalue weighted by molar-refractivity contribution is 6.34. The van der Waals surface area contributed by atoms with E-state index >= 15 is 0 Å². The number of likely N-dealkylation sites (N-methyl/N-ethyl adjacent to an activating group) is 1. The molecule has 0 saturated carbocycles. The maximum absolute atomic E-state index is 13.0. The lowest BCUT2D eigenvalue weighted by atomic mass is 10.1. The lowest BCUT2D eigenvalue weighted by Crippen LogP contribution is -2.44. The first-order valence-electron chi connectivity index (χ1n) is 8.96. The molecular weight excluding hydrogens is 425 g/mol. The Morgan fingerprint density at radius 1 is 1.13 bits per heavy atom. The fraction of sp³-hybridized carbons (Fsp3) is 0.316. The Bertz CT molecular complexity index is 976. The zero-order valence-electron chi connectivity index (χ0n) is 15.9. The van der Waals surface area contributed by atoms with E-state index in [4.69, 9.17) is 11.6 Å². The highest BCUT2D eigenvalue weighted by Gasteiger charge is 2.32. The lowest BCUT2D eigenvalue weighted by Gasteiger charge is -2.35. The van der Waals surface area contributed by atoms with E-state index in [-0.39, 0.29) is 22.0 Å². The number of anilines is 2. The second-order valence-corrected chi connectivity index (χ2v) is 7.30. The van der Waals surface area contributed by atoms with Gasteiger partial charge in [0.05, 0.1) is 32.4 Å². The molecule has 0 radical (unpaired) electrons. The molecular formula is C19H18ClF3N4O3. The van der Waals surface area contributed by atoms with Crippen molar-refractivity contribution >= 4 is 34.6 Å². The van der Waals surface area contributed by atoms with Gasteiger partial charge in [0.1, 0.15) is 0 Å². The summed E-state index contributed by atoms with van der Waals surface area (Å²) in [6, 6.07) is 6.46. The van der Waals surface area contributed by atoms with Crippen LogP contribution in [0.25, 0.3) is 0 Å². The number of non-ortho nitro benzene ring substituents is 1. The van der Waals surface area contributed by atoms with Crippen LogP contribution in [0.1, 0.15) is 15.9 Å². The van der Waals surface area contributed by atoms with Crippen LogP contribution in [-0.2, 0) is 6.18 Å². The van der Waals surface area contributed by atoms with Crippen molar-refractivity contribution in [3.05, 3.63) is 62.7 Å². The highest BCUT2D eigenvalue weighted by atomic mass is 35.5. The minimum atomic E-state index is -4.64. The topological polar surface area (TPSA) is 78.7 Å². The Labute approximate surface area is 175 Å². The molecule has 3 rings (SSSR count). The molecule has 1 N–H and O–H groups in total. The number of halogens is 4. The molecule has 0 aliphatic carbocycles. The van der Waals surface area contributed by atoms with Gasteiger partial charge in [0.25, 0.3) is 11.6 Å². The molecule has 0 spiro atoms. The first-order chi connectivity index (χ1) is 14.1. The van der Waals surface area contributed by atoms with E-state index in [1.165, 1.54) is 18.2 Å².